The first-order valence-corrected chi connectivity index (χ1v) is 10.9. The van der Waals surface area contributed by atoms with Gasteiger partial charge in [-0.25, -0.2) is 18.5 Å². The molecule has 1 amide bonds. The molecule has 8 nitrogen and oxygen atoms in total. The first-order valence-electron chi connectivity index (χ1n) is 8.52. The third-order valence-corrected chi connectivity index (χ3v) is 6.41. The van der Waals surface area contributed by atoms with Gasteiger partial charge in [0.05, 0.1) is 10.3 Å². The summed E-state index contributed by atoms with van der Waals surface area (Å²) < 4.78 is 22.8. The Hall–Kier alpha value is -2.56. The standard InChI is InChI=1S/C18H20N4O4S2/c1-10-11(2)27-18-16(10)17(24)21-14(22-18)6-7-15(23)20-9-12-4-3-5-13(8-12)28(19,25)26/h3-5,8H,6-7,9H2,1-2H3,(H,20,23)(H2,19,25,26)(H,21,22,24). The zero-order valence-corrected chi connectivity index (χ0v) is 17.0. The number of H-pyrrole nitrogens is 1. The Kier molecular flexibility index (Phi) is 5.64. The van der Waals surface area contributed by atoms with Gasteiger partial charge in [0.1, 0.15) is 10.7 Å². The SMILES string of the molecule is Cc1sc2nc(CCC(=O)NCc3cccc(S(N)(=O)=O)c3)[nH]c(=O)c2c1C. The molecule has 0 aliphatic carbocycles. The van der Waals surface area contributed by atoms with Gasteiger partial charge in [-0.05, 0) is 37.1 Å². The number of sulfonamides is 1. The molecule has 28 heavy (non-hydrogen) atoms. The van der Waals surface area contributed by atoms with Gasteiger partial charge < -0.3 is 10.3 Å². The molecule has 2 heterocycles. The van der Waals surface area contributed by atoms with Gasteiger partial charge in [-0.3, -0.25) is 9.59 Å². The van der Waals surface area contributed by atoms with Crippen molar-refractivity contribution in [3.8, 4) is 0 Å². The second-order valence-electron chi connectivity index (χ2n) is 6.45. The predicted octanol–water partition coefficient (Wildman–Crippen LogP) is 1.50. The first-order chi connectivity index (χ1) is 13.1. The van der Waals surface area contributed by atoms with Crippen LogP contribution >= 0.6 is 11.3 Å². The van der Waals surface area contributed by atoms with E-state index in [1.165, 1.54) is 23.5 Å². The summed E-state index contributed by atoms with van der Waals surface area (Å²) in [5.74, 6) is 0.229. The van der Waals surface area contributed by atoms with Crippen LogP contribution in [0.25, 0.3) is 10.2 Å². The van der Waals surface area contributed by atoms with Gasteiger partial charge in [-0.1, -0.05) is 12.1 Å². The number of carbonyl (C=O) groups is 1. The minimum Gasteiger partial charge on any atom is -0.352 e. The van der Waals surface area contributed by atoms with Crippen molar-refractivity contribution in [1.29, 1.82) is 0 Å². The zero-order chi connectivity index (χ0) is 20.5. The number of thiophene rings is 1. The van der Waals surface area contributed by atoms with E-state index in [4.69, 9.17) is 5.14 Å². The number of aromatic amines is 1. The van der Waals surface area contributed by atoms with Crippen molar-refractivity contribution in [2.75, 3.05) is 0 Å². The average molecular weight is 421 g/mol. The molecule has 0 aliphatic rings. The van der Waals surface area contributed by atoms with Crippen LogP contribution in [0.5, 0.6) is 0 Å². The van der Waals surface area contributed by atoms with Crippen LogP contribution in [0, 0.1) is 13.8 Å². The number of aromatic nitrogens is 2. The minimum atomic E-state index is -3.79. The summed E-state index contributed by atoms with van der Waals surface area (Å²) in [7, 11) is -3.79. The van der Waals surface area contributed by atoms with E-state index in [0.717, 1.165) is 10.4 Å². The highest BCUT2D eigenvalue weighted by atomic mass is 32.2. The van der Waals surface area contributed by atoms with E-state index < -0.39 is 10.0 Å². The van der Waals surface area contributed by atoms with Gasteiger partial charge in [-0.15, -0.1) is 11.3 Å². The van der Waals surface area contributed by atoms with Crippen molar-refractivity contribution in [2.24, 2.45) is 5.14 Å². The molecule has 10 heteroatoms. The highest BCUT2D eigenvalue weighted by Gasteiger charge is 2.13. The molecule has 3 aromatic rings. The highest BCUT2D eigenvalue weighted by Crippen LogP contribution is 2.25. The monoisotopic (exact) mass is 420 g/mol. The number of fused-ring (bicyclic) bond motifs is 1. The molecule has 0 atom stereocenters. The molecule has 3 rings (SSSR count). The molecule has 0 spiro atoms. The van der Waals surface area contributed by atoms with E-state index in [1.54, 1.807) is 12.1 Å². The number of hydrogen-bond donors (Lipinski definition) is 3. The van der Waals surface area contributed by atoms with E-state index in [-0.39, 0.29) is 29.3 Å². The Morgan fingerprint density at radius 1 is 1.32 bits per heavy atom. The predicted molar refractivity (Wildman–Crippen MR) is 108 cm³/mol. The maximum Gasteiger partial charge on any atom is 0.259 e. The zero-order valence-electron chi connectivity index (χ0n) is 15.4. The molecule has 2 aromatic heterocycles. The number of rotatable bonds is 6. The largest absolute Gasteiger partial charge is 0.352 e. The molecule has 0 saturated carbocycles. The number of aryl methyl sites for hydroxylation is 3. The second kappa shape index (κ2) is 7.82. The number of nitrogens with zero attached hydrogens (tertiary/aromatic N) is 1. The molecular formula is C18H20N4O4S2. The van der Waals surface area contributed by atoms with Crippen LogP contribution < -0.4 is 16.0 Å². The number of amides is 1. The van der Waals surface area contributed by atoms with E-state index in [1.807, 2.05) is 13.8 Å². The molecule has 0 aliphatic heterocycles. The summed E-state index contributed by atoms with van der Waals surface area (Å²) in [6.07, 6.45) is 0.441. The second-order valence-corrected chi connectivity index (χ2v) is 9.21. The fraction of sp³-hybridized carbons (Fsp3) is 0.278. The van der Waals surface area contributed by atoms with Gasteiger partial charge in [0, 0.05) is 24.3 Å². The van der Waals surface area contributed by atoms with Crippen LogP contribution in [0.3, 0.4) is 0 Å². The van der Waals surface area contributed by atoms with Crippen molar-refractivity contribution in [2.45, 2.75) is 38.1 Å². The van der Waals surface area contributed by atoms with Gasteiger partial charge >= 0.3 is 0 Å². The molecular weight excluding hydrogens is 400 g/mol. The number of primary sulfonamides is 1. The maximum atomic E-state index is 12.3. The Bertz CT molecular complexity index is 1210. The Morgan fingerprint density at radius 2 is 2.07 bits per heavy atom. The van der Waals surface area contributed by atoms with Crippen LogP contribution in [-0.4, -0.2) is 24.3 Å². The van der Waals surface area contributed by atoms with Crippen LogP contribution in [-0.2, 0) is 27.8 Å². The molecule has 0 fully saturated rings. The summed E-state index contributed by atoms with van der Waals surface area (Å²) in [4.78, 5) is 33.3. The van der Waals surface area contributed by atoms with E-state index in [9.17, 15) is 18.0 Å². The lowest BCUT2D eigenvalue weighted by molar-refractivity contribution is -0.121. The summed E-state index contributed by atoms with van der Waals surface area (Å²) >= 11 is 1.46. The summed E-state index contributed by atoms with van der Waals surface area (Å²) in [5.41, 5.74) is 1.36. The van der Waals surface area contributed by atoms with Crippen molar-refractivity contribution in [3.05, 3.63) is 56.4 Å². The fourth-order valence-electron chi connectivity index (χ4n) is 2.77. The smallest absolute Gasteiger partial charge is 0.259 e. The van der Waals surface area contributed by atoms with Crippen molar-refractivity contribution < 1.29 is 13.2 Å². The van der Waals surface area contributed by atoms with Crippen molar-refractivity contribution >= 4 is 37.5 Å². The lowest BCUT2D eigenvalue weighted by Gasteiger charge is -2.07. The lowest BCUT2D eigenvalue weighted by Crippen LogP contribution is -2.24. The van der Waals surface area contributed by atoms with E-state index in [0.29, 0.717) is 28.0 Å². The molecule has 1 aromatic carbocycles. The lowest BCUT2D eigenvalue weighted by atomic mass is 10.2. The van der Waals surface area contributed by atoms with Crippen LogP contribution in [0.15, 0.2) is 34.0 Å². The molecule has 148 valence electrons. The highest BCUT2D eigenvalue weighted by molar-refractivity contribution is 7.89. The number of nitrogens with one attached hydrogen (secondary N) is 2. The minimum absolute atomic E-state index is 0.00383. The van der Waals surface area contributed by atoms with Crippen molar-refractivity contribution in [1.82, 2.24) is 15.3 Å². The third kappa shape index (κ3) is 4.46. The number of hydrogen-bond acceptors (Lipinski definition) is 6. The molecule has 0 saturated heterocycles. The summed E-state index contributed by atoms with van der Waals surface area (Å²) in [5, 5.41) is 8.43. The first kappa shape index (κ1) is 20.2. The van der Waals surface area contributed by atoms with Crippen LogP contribution in [0.2, 0.25) is 0 Å². The van der Waals surface area contributed by atoms with E-state index >= 15 is 0 Å². The normalized spacial score (nSPS) is 11.7. The van der Waals surface area contributed by atoms with Gasteiger partial charge in [0.15, 0.2) is 0 Å². The number of benzene rings is 1. The number of carbonyl (C=O) groups excluding carboxylic acids is 1. The number of nitrogens with two attached hydrogens (primary N) is 1. The molecule has 0 bridgehead atoms. The molecule has 0 unspecified atom stereocenters. The Morgan fingerprint density at radius 3 is 2.79 bits per heavy atom. The van der Waals surface area contributed by atoms with Crippen LogP contribution in [0.1, 0.15) is 28.2 Å². The Labute approximate surface area is 165 Å². The Balaban J connectivity index is 1.62. The van der Waals surface area contributed by atoms with Crippen LogP contribution in [0.4, 0.5) is 0 Å². The fourth-order valence-corrected chi connectivity index (χ4v) is 4.40. The van der Waals surface area contributed by atoms with Gasteiger partial charge in [0.2, 0.25) is 15.9 Å². The quantitative estimate of drug-likeness (QED) is 0.555. The average Bonchev–Trinajstić information content (AvgIpc) is 2.92. The van der Waals surface area contributed by atoms with E-state index in [2.05, 4.69) is 15.3 Å². The van der Waals surface area contributed by atoms with Gasteiger partial charge in [0.25, 0.3) is 5.56 Å². The maximum absolute atomic E-state index is 12.3. The summed E-state index contributed by atoms with van der Waals surface area (Å²) in [6, 6.07) is 6.08. The molecule has 4 N–H and O–H groups in total. The third-order valence-electron chi connectivity index (χ3n) is 4.39. The van der Waals surface area contributed by atoms with Crippen molar-refractivity contribution in [3.63, 3.8) is 0 Å². The topological polar surface area (TPSA) is 135 Å². The van der Waals surface area contributed by atoms with Gasteiger partial charge in [-0.2, -0.15) is 0 Å². The summed E-state index contributed by atoms with van der Waals surface area (Å²) in [6.45, 7) is 4.01. The molecule has 0 radical (unpaired) electrons.